The van der Waals surface area contributed by atoms with Crippen LogP contribution in [0.2, 0.25) is 0 Å². The van der Waals surface area contributed by atoms with E-state index in [2.05, 4.69) is 5.32 Å². The first kappa shape index (κ1) is 21.5. The molecule has 2 aliphatic rings. The molecule has 1 aromatic heterocycles. The maximum atomic E-state index is 13.0. The van der Waals surface area contributed by atoms with Gasteiger partial charge in [0.05, 0.1) is 24.4 Å². The molecule has 2 aromatic rings. The van der Waals surface area contributed by atoms with E-state index in [1.807, 2.05) is 0 Å². The van der Waals surface area contributed by atoms with Crippen LogP contribution in [0.3, 0.4) is 0 Å². The topological polar surface area (TPSA) is 109 Å². The lowest BCUT2D eigenvalue weighted by Gasteiger charge is -2.26. The van der Waals surface area contributed by atoms with Crippen LogP contribution in [0, 0.1) is 6.92 Å². The van der Waals surface area contributed by atoms with E-state index >= 15 is 0 Å². The maximum absolute atomic E-state index is 13.0. The molecule has 10 heteroatoms. The van der Waals surface area contributed by atoms with Crippen LogP contribution in [0.1, 0.15) is 29.0 Å². The number of carbonyl (C=O) groups excluding carboxylic acids is 2. The predicted molar refractivity (Wildman–Crippen MR) is 112 cm³/mol. The lowest BCUT2D eigenvalue weighted by molar-refractivity contribution is -0.119. The minimum atomic E-state index is -3.68. The first-order valence-electron chi connectivity index (χ1n) is 10.2. The van der Waals surface area contributed by atoms with E-state index < -0.39 is 16.1 Å². The molecule has 1 atom stereocenters. The zero-order chi connectivity index (χ0) is 22.0. The fraction of sp³-hybridized carbons (Fsp3) is 0.429. The number of anilines is 1. The second kappa shape index (κ2) is 8.81. The molecule has 1 N–H and O–H groups in total. The fourth-order valence-electron chi connectivity index (χ4n) is 3.87. The van der Waals surface area contributed by atoms with Crippen LogP contribution < -0.4 is 5.32 Å². The van der Waals surface area contributed by atoms with Crippen LogP contribution >= 0.6 is 0 Å². The van der Waals surface area contributed by atoms with Crippen LogP contribution in [0.15, 0.2) is 45.9 Å². The van der Waals surface area contributed by atoms with E-state index in [4.69, 9.17) is 9.15 Å². The van der Waals surface area contributed by atoms with Gasteiger partial charge in [0.15, 0.2) is 5.76 Å². The highest BCUT2D eigenvalue weighted by molar-refractivity contribution is 7.89. The molecule has 3 heterocycles. The van der Waals surface area contributed by atoms with Gasteiger partial charge in [-0.2, -0.15) is 4.31 Å². The Morgan fingerprint density at radius 2 is 1.90 bits per heavy atom. The molecule has 4 rings (SSSR count). The van der Waals surface area contributed by atoms with Crippen molar-refractivity contribution < 1.29 is 27.2 Å². The second-order valence-corrected chi connectivity index (χ2v) is 9.55. The van der Waals surface area contributed by atoms with E-state index in [1.54, 1.807) is 25.1 Å². The Labute approximate surface area is 181 Å². The van der Waals surface area contributed by atoms with Gasteiger partial charge < -0.3 is 19.4 Å². The number of hydrogen-bond acceptors (Lipinski definition) is 6. The van der Waals surface area contributed by atoms with Crippen molar-refractivity contribution in [2.45, 2.75) is 30.7 Å². The van der Waals surface area contributed by atoms with E-state index in [0.29, 0.717) is 51.4 Å². The number of aryl methyl sites for hydroxylation is 1. The molecule has 0 radical (unpaired) electrons. The number of amides is 2. The van der Waals surface area contributed by atoms with Crippen molar-refractivity contribution in [3.05, 3.63) is 47.9 Å². The number of rotatable bonds is 5. The van der Waals surface area contributed by atoms with E-state index in [-0.39, 0.29) is 22.5 Å². The Morgan fingerprint density at radius 3 is 2.61 bits per heavy atom. The van der Waals surface area contributed by atoms with Gasteiger partial charge in [0.2, 0.25) is 15.9 Å². The predicted octanol–water partition coefficient (Wildman–Crippen LogP) is 1.85. The Balaban J connectivity index is 1.53. The molecule has 2 aliphatic heterocycles. The first-order chi connectivity index (χ1) is 14.9. The van der Waals surface area contributed by atoms with Crippen molar-refractivity contribution in [1.29, 1.82) is 0 Å². The number of carbonyl (C=O) groups is 2. The molecule has 2 amide bonds. The molecule has 9 nitrogen and oxygen atoms in total. The molecule has 2 saturated heterocycles. The third kappa shape index (κ3) is 4.36. The van der Waals surface area contributed by atoms with Gasteiger partial charge in [-0.3, -0.25) is 9.59 Å². The second-order valence-electron chi connectivity index (χ2n) is 7.62. The quantitative estimate of drug-likeness (QED) is 0.749. The molecule has 2 fully saturated rings. The zero-order valence-electron chi connectivity index (χ0n) is 17.2. The molecular formula is C21H25N3O6S. The van der Waals surface area contributed by atoms with Crippen molar-refractivity contribution in [2.24, 2.45) is 0 Å². The summed E-state index contributed by atoms with van der Waals surface area (Å²) in [5.41, 5.74) is 1.15. The normalized spacial score (nSPS) is 20.0. The molecule has 1 aromatic carbocycles. The molecule has 0 unspecified atom stereocenters. The smallest absolute Gasteiger partial charge is 0.290 e. The number of nitrogens with zero attached hydrogens (tertiary/aromatic N) is 2. The number of furan rings is 1. The van der Waals surface area contributed by atoms with E-state index in [9.17, 15) is 18.0 Å². The van der Waals surface area contributed by atoms with Gasteiger partial charge >= 0.3 is 0 Å². The monoisotopic (exact) mass is 447 g/mol. The van der Waals surface area contributed by atoms with Gasteiger partial charge in [-0.05, 0) is 49.6 Å². The molecule has 31 heavy (non-hydrogen) atoms. The maximum Gasteiger partial charge on any atom is 0.290 e. The number of benzene rings is 1. The van der Waals surface area contributed by atoms with Crippen LogP contribution in [0.5, 0.6) is 0 Å². The number of likely N-dealkylation sites (tertiary alicyclic amines) is 1. The number of hydrogen-bond donors (Lipinski definition) is 1. The molecule has 166 valence electrons. The lowest BCUT2D eigenvalue weighted by atomic mass is 10.1. The Kier molecular flexibility index (Phi) is 6.12. The van der Waals surface area contributed by atoms with Gasteiger partial charge in [0.1, 0.15) is 6.04 Å². The van der Waals surface area contributed by atoms with E-state index in [0.717, 1.165) is 5.56 Å². The SMILES string of the molecule is Cc1ccc(S(=O)(=O)N2CCOCC2)cc1NC(=O)[C@@H]1CCCN1C(=O)c1ccco1. The largest absolute Gasteiger partial charge is 0.459 e. The zero-order valence-corrected chi connectivity index (χ0v) is 18.1. The average Bonchev–Trinajstić information content (AvgIpc) is 3.47. The van der Waals surface area contributed by atoms with Gasteiger partial charge in [-0.25, -0.2) is 8.42 Å². The van der Waals surface area contributed by atoms with Crippen LogP contribution in [0.4, 0.5) is 5.69 Å². The van der Waals surface area contributed by atoms with Crippen molar-refractivity contribution in [1.82, 2.24) is 9.21 Å². The van der Waals surface area contributed by atoms with Crippen LogP contribution in [-0.4, -0.2) is 68.3 Å². The summed E-state index contributed by atoms with van der Waals surface area (Å²) in [6.07, 6.45) is 2.65. The van der Waals surface area contributed by atoms with Crippen molar-refractivity contribution in [3.8, 4) is 0 Å². The third-order valence-electron chi connectivity index (χ3n) is 5.62. The molecule has 0 saturated carbocycles. The fourth-order valence-corrected chi connectivity index (χ4v) is 5.31. The molecule has 0 bridgehead atoms. The lowest BCUT2D eigenvalue weighted by Crippen LogP contribution is -2.43. The summed E-state index contributed by atoms with van der Waals surface area (Å²) >= 11 is 0. The highest BCUT2D eigenvalue weighted by atomic mass is 32.2. The Morgan fingerprint density at radius 1 is 1.13 bits per heavy atom. The third-order valence-corrected chi connectivity index (χ3v) is 7.52. The summed E-state index contributed by atoms with van der Waals surface area (Å²) in [5.74, 6) is -0.487. The summed E-state index contributed by atoms with van der Waals surface area (Å²) in [4.78, 5) is 27.3. The van der Waals surface area contributed by atoms with Crippen LogP contribution in [-0.2, 0) is 19.6 Å². The van der Waals surface area contributed by atoms with Gasteiger partial charge in [0.25, 0.3) is 5.91 Å². The number of sulfonamides is 1. The average molecular weight is 448 g/mol. The number of nitrogens with one attached hydrogen (secondary N) is 1. The van der Waals surface area contributed by atoms with Crippen LogP contribution in [0.25, 0.3) is 0 Å². The first-order valence-corrected chi connectivity index (χ1v) is 11.7. The number of ether oxygens (including phenoxy) is 1. The minimum Gasteiger partial charge on any atom is -0.459 e. The summed E-state index contributed by atoms with van der Waals surface area (Å²) in [5, 5.41) is 2.83. The molecule has 0 aliphatic carbocycles. The van der Waals surface area contributed by atoms with Gasteiger partial charge in [-0.15, -0.1) is 0 Å². The Hall–Kier alpha value is -2.69. The highest BCUT2D eigenvalue weighted by Crippen LogP contribution is 2.26. The summed E-state index contributed by atoms with van der Waals surface area (Å²) in [7, 11) is -3.68. The van der Waals surface area contributed by atoms with E-state index in [1.165, 1.54) is 27.6 Å². The summed E-state index contributed by atoms with van der Waals surface area (Å²) in [6, 6.07) is 7.24. The van der Waals surface area contributed by atoms with Crippen molar-refractivity contribution >= 4 is 27.5 Å². The van der Waals surface area contributed by atoms with Crippen molar-refractivity contribution in [2.75, 3.05) is 38.2 Å². The Bertz CT molecular complexity index is 1060. The summed E-state index contributed by atoms with van der Waals surface area (Å²) in [6.45, 7) is 3.56. The molecular weight excluding hydrogens is 422 g/mol. The standard InChI is InChI=1S/C21H25N3O6S/c1-15-6-7-16(31(27,28)23-9-12-29-13-10-23)14-17(15)22-20(25)18-4-2-8-24(18)21(26)19-5-3-11-30-19/h3,5-7,11,14,18H,2,4,8-10,12-13H2,1H3,(H,22,25)/t18-/m0/s1. The van der Waals surface area contributed by atoms with Crippen molar-refractivity contribution in [3.63, 3.8) is 0 Å². The summed E-state index contributed by atoms with van der Waals surface area (Å²) < 4.78 is 37.7. The van der Waals surface area contributed by atoms with Gasteiger partial charge in [0, 0.05) is 25.3 Å². The number of morpholine rings is 1. The highest BCUT2D eigenvalue weighted by Gasteiger charge is 2.36. The molecule has 0 spiro atoms. The minimum absolute atomic E-state index is 0.116. The van der Waals surface area contributed by atoms with Gasteiger partial charge in [-0.1, -0.05) is 6.07 Å².